The Bertz CT molecular complexity index is 2230. The number of hydrogen-bond acceptors (Lipinski definition) is 9. The highest BCUT2D eigenvalue weighted by Crippen LogP contribution is 2.48. The SMILES string of the molecule is [2H]C1([2H])CN2C[C@H](F)C[C@]2(COc2nc(N(C)[C@@H]3CCN(C(=O)C=C)[C@@H]3C)c3cc(C(F)(F)F)c(-c4ccc(F)c5sc(N)c(C#N)c45)c(F)c3n2)C1. The van der Waals surface area contributed by atoms with Gasteiger partial charge in [-0.25, -0.2) is 13.2 Å². The van der Waals surface area contributed by atoms with Crippen LogP contribution in [-0.4, -0.2) is 82.8 Å². The van der Waals surface area contributed by atoms with Gasteiger partial charge in [0.1, 0.15) is 41.0 Å². The molecule has 4 atom stereocenters. The second kappa shape index (κ2) is 12.6. The molecule has 0 aliphatic carbocycles. The summed E-state index contributed by atoms with van der Waals surface area (Å²) in [6.07, 6.45) is -6.65. The third kappa shape index (κ3) is 5.61. The van der Waals surface area contributed by atoms with E-state index in [4.69, 9.17) is 13.2 Å². The van der Waals surface area contributed by atoms with Gasteiger partial charge in [-0.1, -0.05) is 12.6 Å². The molecule has 5 heterocycles. The summed E-state index contributed by atoms with van der Waals surface area (Å²) in [4.78, 5) is 26.0. The molecule has 0 bridgehead atoms. The number of anilines is 2. The van der Waals surface area contributed by atoms with E-state index in [1.54, 1.807) is 29.8 Å². The Hall–Kier alpha value is -4.62. The Kier molecular flexibility index (Phi) is 7.95. The summed E-state index contributed by atoms with van der Waals surface area (Å²) in [6, 6.07) is 2.88. The van der Waals surface area contributed by atoms with Crippen LogP contribution in [0.15, 0.2) is 30.9 Å². The Morgan fingerprint density at radius 2 is 2.10 bits per heavy atom. The van der Waals surface area contributed by atoms with E-state index in [9.17, 15) is 18.8 Å². The molecule has 3 aliphatic rings. The molecule has 0 spiro atoms. The molecule has 0 saturated carbocycles. The number of ether oxygens (including phenoxy) is 1. The maximum atomic E-state index is 17.2. The van der Waals surface area contributed by atoms with Crippen molar-refractivity contribution in [1.82, 2.24) is 19.8 Å². The number of carbonyl (C=O) groups is 1. The number of benzene rings is 2. The van der Waals surface area contributed by atoms with Gasteiger partial charge >= 0.3 is 12.2 Å². The van der Waals surface area contributed by atoms with Crippen LogP contribution in [0.3, 0.4) is 0 Å². The molecule has 2 aromatic heterocycles. The molecule has 16 heteroatoms. The molecule has 51 heavy (non-hydrogen) atoms. The van der Waals surface area contributed by atoms with E-state index >= 15 is 17.6 Å². The lowest BCUT2D eigenvalue weighted by molar-refractivity contribution is -0.137. The summed E-state index contributed by atoms with van der Waals surface area (Å²) in [5.74, 6) is -2.82. The number of amides is 1. The number of alkyl halides is 4. The average molecular weight is 732 g/mol. The van der Waals surface area contributed by atoms with Crippen molar-refractivity contribution in [3.05, 3.63) is 53.6 Å². The van der Waals surface area contributed by atoms with Gasteiger partial charge in [-0.3, -0.25) is 9.69 Å². The van der Waals surface area contributed by atoms with Crippen molar-refractivity contribution in [3.8, 4) is 23.2 Å². The van der Waals surface area contributed by atoms with Crippen molar-refractivity contribution in [2.45, 2.75) is 62.5 Å². The summed E-state index contributed by atoms with van der Waals surface area (Å²) in [7, 11) is 1.54. The van der Waals surface area contributed by atoms with E-state index in [0.29, 0.717) is 30.4 Å². The minimum absolute atomic E-state index is 0.0168. The van der Waals surface area contributed by atoms with Gasteiger partial charge in [-0.2, -0.15) is 28.4 Å². The fourth-order valence-electron chi connectivity index (χ4n) is 7.83. The van der Waals surface area contributed by atoms with Crippen LogP contribution in [0.1, 0.15) is 46.4 Å². The Morgan fingerprint density at radius 3 is 2.80 bits per heavy atom. The predicted octanol–water partition coefficient (Wildman–Crippen LogP) is 6.83. The normalized spacial score (nSPS) is 25.2. The fraction of sp³-hybridized carbons (Fsp3) is 0.429. The van der Waals surface area contributed by atoms with Crippen molar-refractivity contribution in [2.24, 2.45) is 0 Å². The maximum absolute atomic E-state index is 17.2. The number of thiophene rings is 1. The molecule has 2 aromatic carbocycles. The monoisotopic (exact) mass is 731 g/mol. The molecule has 268 valence electrons. The van der Waals surface area contributed by atoms with Crippen LogP contribution in [0.5, 0.6) is 6.01 Å². The van der Waals surface area contributed by atoms with E-state index in [-0.39, 0.29) is 70.3 Å². The molecule has 0 radical (unpaired) electrons. The molecule has 3 saturated heterocycles. The van der Waals surface area contributed by atoms with Crippen molar-refractivity contribution >= 4 is 49.1 Å². The molecule has 3 aliphatic heterocycles. The lowest BCUT2D eigenvalue weighted by Crippen LogP contribution is -2.44. The smallest absolute Gasteiger partial charge is 0.417 e. The Morgan fingerprint density at radius 1 is 1.33 bits per heavy atom. The number of rotatable bonds is 7. The first-order chi connectivity index (χ1) is 24.9. The van der Waals surface area contributed by atoms with E-state index in [1.807, 2.05) is 0 Å². The number of aromatic nitrogens is 2. The summed E-state index contributed by atoms with van der Waals surface area (Å²) in [5, 5.41) is 9.05. The number of nitrogen functional groups attached to an aromatic ring is 1. The minimum Gasteiger partial charge on any atom is -0.461 e. The zero-order valence-electron chi connectivity index (χ0n) is 29.5. The molecule has 3 fully saturated rings. The molecule has 4 aromatic rings. The number of likely N-dealkylation sites (N-methyl/N-ethyl adjacent to an activating group) is 1. The highest BCUT2D eigenvalue weighted by Gasteiger charge is 2.49. The quantitative estimate of drug-likeness (QED) is 0.163. The molecule has 2 N–H and O–H groups in total. The topological polar surface area (TPSA) is 112 Å². The van der Waals surface area contributed by atoms with Crippen LogP contribution in [-0.2, 0) is 11.0 Å². The van der Waals surface area contributed by atoms with Crippen molar-refractivity contribution in [1.29, 1.82) is 5.26 Å². The van der Waals surface area contributed by atoms with Crippen molar-refractivity contribution < 1.29 is 38.6 Å². The first-order valence-electron chi connectivity index (χ1n) is 17.1. The number of hydrogen-bond donors (Lipinski definition) is 1. The minimum atomic E-state index is -5.17. The largest absolute Gasteiger partial charge is 0.461 e. The van der Waals surface area contributed by atoms with E-state index in [1.165, 1.54) is 4.90 Å². The molecular weight excluding hydrogens is 696 g/mol. The molecule has 1 amide bonds. The zero-order chi connectivity index (χ0) is 38.4. The lowest BCUT2D eigenvalue weighted by Gasteiger charge is -2.33. The Labute approximate surface area is 295 Å². The number of nitriles is 1. The lowest BCUT2D eigenvalue weighted by atomic mass is 9.92. The molecule has 0 unspecified atom stereocenters. The van der Waals surface area contributed by atoms with Gasteiger partial charge in [-0.15, -0.1) is 11.3 Å². The van der Waals surface area contributed by atoms with Crippen molar-refractivity contribution in [3.63, 3.8) is 0 Å². The van der Waals surface area contributed by atoms with Crippen LogP contribution in [0.4, 0.5) is 37.2 Å². The van der Waals surface area contributed by atoms with Gasteiger partial charge < -0.3 is 20.3 Å². The van der Waals surface area contributed by atoms with Gasteiger partial charge in [0, 0.05) is 51.7 Å². The van der Waals surface area contributed by atoms with Crippen LogP contribution in [0, 0.1) is 23.0 Å². The summed E-state index contributed by atoms with van der Waals surface area (Å²) in [6.45, 7) is 5.24. The highest BCUT2D eigenvalue weighted by atomic mass is 32.1. The van der Waals surface area contributed by atoms with E-state index < -0.39 is 76.2 Å². The number of nitrogens with zero attached hydrogens (tertiary/aromatic N) is 6. The van der Waals surface area contributed by atoms with E-state index in [2.05, 4.69) is 16.5 Å². The number of likely N-dealkylation sites (tertiary alicyclic amines) is 1. The molecule has 9 nitrogen and oxygen atoms in total. The van der Waals surface area contributed by atoms with Crippen LogP contribution in [0.25, 0.3) is 32.1 Å². The van der Waals surface area contributed by atoms with Crippen LogP contribution in [0.2, 0.25) is 0 Å². The number of carbonyl (C=O) groups excluding carboxylic acids is 1. The molecular formula is C35H33F6N7O2S. The maximum Gasteiger partial charge on any atom is 0.417 e. The Balaban J connectivity index is 1.44. The van der Waals surface area contributed by atoms with Gasteiger partial charge in [-0.05, 0) is 56.5 Å². The first kappa shape index (κ1) is 32.3. The average Bonchev–Trinajstić information content (AvgIpc) is 3.79. The zero-order valence-corrected chi connectivity index (χ0v) is 28.3. The van der Waals surface area contributed by atoms with E-state index in [0.717, 1.165) is 18.2 Å². The van der Waals surface area contributed by atoms with Gasteiger partial charge in [0.2, 0.25) is 5.91 Å². The third-order valence-corrected chi connectivity index (χ3v) is 11.3. The number of halogens is 6. The number of nitrogens with two attached hydrogens (primary N) is 1. The second-order valence-corrected chi connectivity index (χ2v) is 14.2. The standard InChI is InChI=1S/C35H33F6N7O2S/c1-4-25(49)48-11-8-24(17(48)2)46(3)32-20-12-22(35(39,40)41)27(19-6-7-23(37)30-26(19)21(14-42)31(43)51-30)28(38)29(20)44-33(45-32)50-16-34-9-5-10-47(34)15-18(36)13-34/h4,6-7,12,17-18,24H,1,5,8-11,13,15-16,43H2,2-3H3/t17-,18-,24-,34+/m1/s1/i5D2. The summed E-state index contributed by atoms with van der Waals surface area (Å²) in [5.41, 5.74) is 1.11. The van der Waals surface area contributed by atoms with Gasteiger partial charge in [0.05, 0.1) is 27.4 Å². The fourth-order valence-corrected chi connectivity index (χ4v) is 8.77. The predicted molar refractivity (Wildman–Crippen MR) is 181 cm³/mol. The summed E-state index contributed by atoms with van der Waals surface area (Å²) >= 11 is 0.647. The van der Waals surface area contributed by atoms with Crippen molar-refractivity contribution in [2.75, 3.05) is 43.9 Å². The number of fused-ring (bicyclic) bond motifs is 3. The van der Waals surface area contributed by atoms with Crippen LogP contribution < -0.4 is 15.4 Å². The second-order valence-electron chi connectivity index (χ2n) is 13.2. The van der Waals surface area contributed by atoms with Gasteiger partial charge in [0.25, 0.3) is 0 Å². The third-order valence-electron chi connectivity index (χ3n) is 10.3. The summed E-state index contributed by atoms with van der Waals surface area (Å²) < 4.78 is 114. The highest BCUT2D eigenvalue weighted by molar-refractivity contribution is 7.23. The first-order valence-corrected chi connectivity index (χ1v) is 16.9. The van der Waals surface area contributed by atoms with Crippen LogP contribution >= 0.6 is 11.3 Å². The van der Waals surface area contributed by atoms with Gasteiger partial charge in [0.15, 0.2) is 5.82 Å². The molecule has 7 rings (SSSR count).